The van der Waals surface area contributed by atoms with E-state index in [4.69, 9.17) is 0 Å². The third-order valence-corrected chi connectivity index (χ3v) is 4.23. The van der Waals surface area contributed by atoms with Crippen molar-refractivity contribution in [2.45, 2.75) is 53.5 Å². The fraction of sp³-hybridized carbons (Fsp3) is 0.611. The minimum atomic E-state index is -0.289. The normalized spacial score (nSPS) is 19.5. The van der Waals surface area contributed by atoms with Crippen molar-refractivity contribution in [1.29, 1.82) is 0 Å². The van der Waals surface area contributed by atoms with E-state index in [0.29, 0.717) is 6.04 Å². The second-order valence-electron chi connectivity index (χ2n) is 7.28. The van der Waals surface area contributed by atoms with Gasteiger partial charge in [0, 0.05) is 30.2 Å². The summed E-state index contributed by atoms with van der Waals surface area (Å²) in [4.78, 5) is 14.4. The van der Waals surface area contributed by atoms with Gasteiger partial charge in [-0.3, -0.25) is 4.79 Å². The Hall–Kier alpha value is -1.51. The molecule has 116 valence electrons. The molecule has 0 unspecified atom stereocenters. The number of hydrogen-bond donors (Lipinski definition) is 1. The van der Waals surface area contributed by atoms with Crippen molar-refractivity contribution in [2.75, 3.05) is 18.4 Å². The number of benzene rings is 1. The third-order valence-electron chi connectivity index (χ3n) is 4.23. The van der Waals surface area contributed by atoms with E-state index in [1.54, 1.807) is 0 Å². The molecule has 1 fully saturated rings. The van der Waals surface area contributed by atoms with Crippen molar-refractivity contribution in [3.8, 4) is 0 Å². The number of nitrogens with one attached hydrogen (secondary N) is 1. The van der Waals surface area contributed by atoms with Gasteiger partial charge in [-0.25, -0.2) is 0 Å². The largest absolute Gasteiger partial charge is 0.381 e. The first-order chi connectivity index (χ1) is 9.77. The predicted molar refractivity (Wildman–Crippen MR) is 88.6 cm³/mol. The Labute approximate surface area is 128 Å². The number of aryl methyl sites for hydroxylation is 2. The molecule has 21 heavy (non-hydrogen) atoms. The van der Waals surface area contributed by atoms with E-state index in [-0.39, 0.29) is 11.3 Å². The van der Waals surface area contributed by atoms with Gasteiger partial charge in [-0.15, -0.1) is 0 Å². The van der Waals surface area contributed by atoms with E-state index in [1.807, 2.05) is 25.7 Å². The molecule has 1 amide bonds. The highest BCUT2D eigenvalue weighted by molar-refractivity contribution is 5.81. The highest BCUT2D eigenvalue weighted by Gasteiger charge is 2.30. The van der Waals surface area contributed by atoms with Crippen molar-refractivity contribution in [2.24, 2.45) is 5.41 Å². The van der Waals surface area contributed by atoms with Crippen LogP contribution < -0.4 is 5.32 Å². The van der Waals surface area contributed by atoms with Crippen molar-refractivity contribution >= 4 is 11.6 Å². The van der Waals surface area contributed by atoms with E-state index < -0.39 is 0 Å². The van der Waals surface area contributed by atoms with Gasteiger partial charge in [0.2, 0.25) is 5.91 Å². The lowest BCUT2D eigenvalue weighted by molar-refractivity contribution is -0.140. The van der Waals surface area contributed by atoms with Gasteiger partial charge >= 0.3 is 0 Å². The zero-order valence-electron chi connectivity index (χ0n) is 14.0. The first-order valence-corrected chi connectivity index (χ1v) is 7.90. The molecule has 3 nitrogen and oxygen atoms in total. The second kappa shape index (κ2) is 6.08. The van der Waals surface area contributed by atoms with Gasteiger partial charge < -0.3 is 10.2 Å². The van der Waals surface area contributed by atoms with Gasteiger partial charge in [0.25, 0.3) is 0 Å². The van der Waals surface area contributed by atoms with Gasteiger partial charge in [-0.2, -0.15) is 0 Å². The summed E-state index contributed by atoms with van der Waals surface area (Å²) in [7, 11) is 0. The summed E-state index contributed by atoms with van der Waals surface area (Å²) in [6, 6.07) is 6.83. The molecule has 1 aromatic rings. The standard InChI is InChI=1S/C18H28N2O/c1-13-8-9-15(11-14(13)2)19-16-7-6-10-20(12-16)17(21)18(3,4)5/h8-9,11,16,19H,6-7,10,12H2,1-5H3/t16-/m1/s1. The van der Waals surface area contributed by atoms with Crippen LogP contribution in [-0.2, 0) is 4.79 Å². The molecule has 2 rings (SSSR count). The highest BCUT2D eigenvalue weighted by atomic mass is 16.2. The number of carbonyl (C=O) groups excluding carboxylic acids is 1. The summed E-state index contributed by atoms with van der Waals surface area (Å²) in [6.45, 7) is 12.0. The number of hydrogen-bond acceptors (Lipinski definition) is 2. The summed E-state index contributed by atoms with van der Waals surface area (Å²) in [5, 5.41) is 3.59. The molecule has 0 bridgehead atoms. The van der Waals surface area contributed by atoms with Crippen LogP contribution >= 0.6 is 0 Å². The summed E-state index contributed by atoms with van der Waals surface area (Å²) in [5.41, 5.74) is 3.49. The molecule has 1 saturated heterocycles. The van der Waals surface area contributed by atoms with Crippen LogP contribution in [0.4, 0.5) is 5.69 Å². The fourth-order valence-electron chi connectivity index (χ4n) is 2.82. The summed E-state index contributed by atoms with van der Waals surface area (Å²) in [5.74, 6) is 0.258. The van der Waals surface area contributed by atoms with Crippen molar-refractivity contribution in [3.05, 3.63) is 29.3 Å². The molecule has 1 aliphatic heterocycles. The lowest BCUT2D eigenvalue weighted by atomic mass is 9.93. The molecule has 1 heterocycles. The molecule has 1 aromatic carbocycles. The number of likely N-dealkylation sites (tertiary alicyclic amines) is 1. The molecule has 0 spiro atoms. The van der Waals surface area contributed by atoms with Crippen molar-refractivity contribution in [1.82, 2.24) is 4.90 Å². The average Bonchev–Trinajstić information content (AvgIpc) is 2.41. The lowest BCUT2D eigenvalue weighted by Gasteiger charge is -2.37. The zero-order valence-corrected chi connectivity index (χ0v) is 14.0. The molecule has 1 aliphatic rings. The molecule has 0 saturated carbocycles. The molecule has 0 aromatic heterocycles. The van der Waals surface area contributed by atoms with Gasteiger partial charge in [0.05, 0.1) is 0 Å². The first kappa shape index (κ1) is 15.9. The first-order valence-electron chi connectivity index (χ1n) is 7.90. The van der Waals surface area contributed by atoms with E-state index in [2.05, 4.69) is 37.4 Å². The van der Waals surface area contributed by atoms with E-state index in [9.17, 15) is 4.79 Å². The van der Waals surface area contributed by atoms with Gasteiger partial charge in [0.1, 0.15) is 0 Å². The quantitative estimate of drug-likeness (QED) is 0.899. The zero-order chi connectivity index (χ0) is 15.6. The maximum absolute atomic E-state index is 12.4. The number of piperidine rings is 1. The third kappa shape index (κ3) is 3.99. The van der Waals surface area contributed by atoms with Gasteiger partial charge in [-0.05, 0) is 49.9 Å². The SMILES string of the molecule is Cc1ccc(N[C@@H]2CCCN(C(=O)C(C)(C)C)C2)cc1C. The highest BCUT2D eigenvalue weighted by Crippen LogP contribution is 2.23. The van der Waals surface area contributed by atoms with Crippen LogP contribution in [-0.4, -0.2) is 29.9 Å². The van der Waals surface area contributed by atoms with Crippen molar-refractivity contribution in [3.63, 3.8) is 0 Å². The Kier molecular flexibility index (Phi) is 4.60. The monoisotopic (exact) mass is 288 g/mol. The van der Waals surface area contributed by atoms with Crippen LogP contribution in [0.15, 0.2) is 18.2 Å². The van der Waals surface area contributed by atoms with E-state index >= 15 is 0 Å². The number of rotatable bonds is 2. The predicted octanol–water partition coefficient (Wildman–Crippen LogP) is 3.75. The van der Waals surface area contributed by atoms with Crippen LogP contribution in [0.1, 0.15) is 44.7 Å². The second-order valence-corrected chi connectivity index (χ2v) is 7.28. The van der Waals surface area contributed by atoms with Crippen LogP contribution in [0.5, 0.6) is 0 Å². The number of carbonyl (C=O) groups is 1. The fourth-order valence-corrected chi connectivity index (χ4v) is 2.82. The molecule has 1 N–H and O–H groups in total. The maximum atomic E-state index is 12.4. The molecule has 0 aliphatic carbocycles. The molecule has 1 atom stereocenters. The van der Waals surface area contributed by atoms with Crippen LogP contribution in [0, 0.1) is 19.3 Å². The Morgan fingerprint density at radius 2 is 1.95 bits per heavy atom. The van der Waals surface area contributed by atoms with Crippen LogP contribution in [0.3, 0.4) is 0 Å². The molecular formula is C18H28N2O. The van der Waals surface area contributed by atoms with Crippen molar-refractivity contribution < 1.29 is 4.79 Å². The summed E-state index contributed by atoms with van der Waals surface area (Å²) >= 11 is 0. The number of anilines is 1. The average molecular weight is 288 g/mol. The minimum absolute atomic E-state index is 0.258. The van der Waals surface area contributed by atoms with Gasteiger partial charge in [0.15, 0.2) is 0 Å². The van der Waals surface area contributed by atoms with Crippen LogP contribution in [0.2, 0.25) is 0 Å². The number of amides is 1. The lowest BCUT2D eigenvalue weighted by Crippen LogP contribution is -2.48. The van der Waals surface area contributed by atoms with E-state index in [1.165, 1.54) is 11.1 Å². The molecule has 0 radical (unpaired) electrons. The molecular weight excluding hydrogens is 260 g/mol. The Morgan fingerprint density at radius 1 is 1.24 bits per heavy atom. The number of nitrogens with zero attached hydrogens (tertiary/aromatic N) is 1. The Balaban J connectivity index is 2.01. The Bertz CT molecular complexity index is 516. The molecule has 3 heteroatoms. The summed E-state index contributed by atoms with van der Waals surface area (Å²) < 4.78 is 0. The summed E-state index contributed by atoms with van der Waals surface area (Å²) in [6.07, 6.45) is 2.20. The van der Waals surface area contributed by atoms with Crippen LogP contribution in [0.25, 0.3) is 0 Å². The van der Waals surface area contributed by atoms with Gasteiger partial charge in [-0.1, -0.05) is 26.8 Å². The van der Waals surface area contributed by atoms with E-state index in [0.717, 1.165) is 31.6 Å². The maximum Gasteiger partial charge on any atom is 0.228 e. The Morgan fingerprint density at radius 3 is 2.57 bits per heavy atom. The minimum Gasteiger partial charge on any atom is -0.381 e. The topological polar surface area (TPSA) is 32.3 Å². The smallest absolute Gasteiger partial charge is 0.228 e.